The van der Waals surface area contributed by atoms with E-state index in [2.05, 4.69) is 15.5 Å². The largest absolute Gasteiger partial charge is 0.399 e. The van der Waals surface area contributed by atoms with Gasteiger partial charge < -0.3 is 11.1 Å². The SMILES string of the molecule is Nc1ccc2sc(C(=O)NCc3cccnn3)cc2c1. The highest BCUT2D eigenvalue weighted by Gasteiger charge is 2.10. The van der Waals surface area contributed by atoms with Crippen LogP contribution in [-0.2, 0) is 6.54 Å². The highest BCUT2D eigenvalue weighted by atomic mass is 32.1. The molecule has 0 radical (unpaired) electrons. The molecule has 100 valence electrons. The van der Waals surface area contributed by atoms with Gasteiger partial charge in [0.2, 0.25) is 0 Å². The van der Waals surface area contributed by atoms with E-state index in [0.717, 1.165) is 15.8 Å². The van der Waals surface area contributed by atoms with E-state index in [1.54, 1.807) is 12.3 Å². The van der Waals surface area contributed by atoms with E-state index in [1.165, 1.54) is 11.3 Å². The molecule has 5 nitrogen and oxygen atoms in total. The summed E-state index contributed by atoms with van der Waals surface area (Å²) in [5, 5.41) is 11.5. The maximum atomic E-state index is 12.1. The number of nitrogen functional groups attached to an aromatic ring is 1. The number of anilines is 1. The van der Waals surface area contributed by atoms with Crippen LogP contribution in [-0.4, -0.2) is 16.1 Å². The molecular weight excluding hydrogens is 272 g/mol. The zero-order valence-electron chi connectivity index (χ0n) is 10.5. The number of hydrogen-bond acceptors (Lipinski definition) is 5. The normalized spacial score (nSPS) is 10.6. The van der Waals surface area contributed by atoms with Crippen molar-refractivity contribution in [2.45, 2.75) is 6.54 Å². The van der Waals surface area contributed by atoms with Crippen LogP contribution in [0.5, 0.6) is 0 Å². The fraction of sp³-hybridized carbons (Fsp3) is 0.0714. The van der Waals surface area contributed by atoms with E-state index in [-0.39, 0.29) is 5.91 Å². The highest BCUT2D eigenvalue weighted by molar-refractivity contribution is 7.20. The van der Waals surface area contributed by atoms with Gasteiger partial charge in [0.25, 0.3) is 5.91 Å². The number of nitrogens with zero attached hydrogens (tertiary/aromatic N) is 2. The number of benzene rings is 1. The van der Waals surface area contributed by atoms with Crippen molar-refractivity contribution in [1.82, 2.24) is 15.5 Å². The van der Waals surface area contributed by atoms with Crippen molar-refractivity contribution < 1.29 is 4.79 Å². The Bertz CT molecular complexity index is 754. The molecule has 0 saturated carbocycles. The summed E-state index contributed by atoms with van der Waals surface area (Å²) in [7, 11) is 0. The first kappa shape index (κ1) is 12.6. The van der Waals surface area contributed by atoms with E-state index in [0.29, 0.717) is 17.1 Å². The van der Waals surface area contributed by atoms with Crippen molar-refractivity contribution in [3.63, 3.8) is 0 Å². The first-order chi connectivity index (χ1) is 9.72. The van der Waals surface area contributed by atoms with Crippen molar-refractivity contribution in [1.29, 1.82) is 0 Å². The Morgan fingerprint density at radius 1 is 1.30 bits per heavy atom. The van der Waals surface area contributed by atoms with Gasteiger partial charge in [0.15, 0.2) is 0 Å². The highest BCUT2D eigenvalue weighted by Crippen LogP contribution is 2.27. The lowest BCUT2D eigenvalue weighted by Crippen LogP contribution is -2.22. The molecule has 6 heteroatoms. The zero-order valence-corrected chi connectivity index (χ0v) is 11.4. The summed E-state index contributed by atoms with van der Waals surface area (Å²) >= 11 is 1.45. The van der Waals surface area contributed by atoms with Crippen LogP contribution in [0.3, 0.4) is 0 Å². The van der Waals surface area contributed by atoms with Crippen molar-refractivity contribution in [3.8, 4) is 0 Å². The lowest BCUT2D eigenvalue weighted by atomic mass is 10.2. The number of fused-ring (bicyclic) bond motifs is 1. The van der Waals surface area contributed by atoms with Gasteiger partial charge in [-0.25, -0.2) is 0 Å². The summed E-state index contributed by atoms with van der Waals surface area (Å²) in [5.74, 6) is -0.115. The van der Waals surface area contributed by atoms with Crippen molar-refractivity contribution in [2.24, 2.45) is 0 Å². The van der Waals surface area contributed by atoms with Crippen molar-refractivity contribution >= 4 is 33.0 Å². The van der Waals surface area contributed by atoms with Crippen LogP contribution >= 0.6 is 11.3 Å². The molecule has 20 heavy (non-hydrogen) atoms. The first-order valence-corrected chi connectivity index (χ1v) is 6.88. The molecule has 2 aromatic heterocycles. The maximum Gasteiger partial charge on any atom is 0.261 e. The lowest BCUT2D eigenvalue weighted by Gasteiger charge is -2.01. The van der Waals surface area contributed by atoms with Gasteiger partial charge in [0, 0.05) is 16.6 Å². The Balaban J connectivity index is 1.75. The van der Waals surface area contributed by atoms with Crippen LogP contribution in [0.4, 0.5) is 5.69 Å². The van der Waals surface area contributed by atoms with E-state index in [9.17, 15) is 4.79 Å². The van der Waals surface area contributed by atoms with Crippen LogP contribution in [0.15, 0.2) is 42.6 Å². The number of rotatable bonds is 3. The standard InChI is InChI=1S/C14H12N4OS/c15-10-3-4-12-9(6-10)7-13(20-12)14(19)16-8-11-2-1-5-17-18-11/h1-7H,8,15H2,(H,16,19). The smallest absolute Gasteiger partial charge is 0.261 e. The summed E-state index contributed by atoms with van der Waals surface area (Å²) in [6, 6.07) is 11.1. The molecule has 3 N–H and O–H groups in total. The number of carbonyl (C=O) groups is 1. The quantitative estimate of drug-likeness (QED) is 0.722. The third kappa shape index (κ3) is 2.60. The van der Waals surface area contributed by atoms with Crippen LogP contribution in [0.2, 0.25) is 0 Å². The van der Waals surface area contributed by atoms with Gasteiger partial charge in [0.1, 0.15) is 0 Å². The fourth-order valence-corrected chi connectivity index (χ4v) is 2.82. The summed E-state index contributed by atoms with van der Waals surface area (Å²) in [4.78, 5) is 12.8. The van der Waals surface area contributed by atoms with Gasteiger partial charge in [-0.05, 0) is 41.8 Å². The van der Waals surface area contributed by atoms with Crippen LogP contribution in [0, 0.1) is 0 Å². The second kappa shape index (κ2) is 5.26. The summed E-state index contributed by atoms with van der Waals surface area (Å²) in [6.07, 6.45) is 1.60. The molecule has 0 fully saturated rings. The first-order valence-electron chi connectivity index (χ1n) is 6.06. The molecule has 0 aliphatic carbocycles. The Kier molecular flexibility index (Phi) is 3.30. The Hall–Kier alpha value is -2.47. The topological polar surface area (TPSA) is 80.9 Å². The number of carbonyl (C=O) groups excluding carboxylic acids is 1. The number of aromatic nitrogens is 2. The predicted octanol–water partition coefficient (Wildman–Crippen LogP) is 2.20. The fourth-order valence-electron chi connectivity index (χ4n) is 1.86. The predicted molar refractivity (Wildman–Crippen MR) is 79.4 cm³/mol. The van der Waals surface area contributed by atoms with E-state index >= 15 is 0 Å². The van der Waals surface area contributed by atoms with Gasteiger partial charge in [0.05, 0.1) is 17.1 Å². The second-order valence-electron chi connectivity index (χ2n) is 4.31. The number of nitrogens with one attached hydrogen (secondary N) is 1. The number of hydrogen-bond donors (Lipinski definition) is 2. The minimum absolute atomic E-state index is 0.115. The van der Waals surface area contributed by atoms with Crippen LogP contribution in [0.25, 0.3) is 10.1 Å². The number of amides is 1. The third-order valence-electron chi connectivity index (χ3n) is 2.82. The van der Waals surface area contributed by atoms with Crippen LogP contribution in [0.1, 0.15) is 15.4 Å². The maximum absolute atomic E-state index is 12.1. The number of nitrogens with two attached hydrogens (primary N) is 1. The third-order valence-corrected chi connectivity index (χ3v) is 3.94. The molecule has 0 spiro atoms. The molecule has 0 aliphatic heterocycles. The van der Waals surface area contributed by atoms with Gasteiger partial charge >= 0.3 is 0 Å². The van der Waals surface area contributed by atoms with Gasteiger partial charge in [-0.2, -0.15) is 10.2 Å². The van der Waals surface area contributed by atoms with Gasteiger partial charge in [-0.15, -0.1) is 11.3 Å². The minimum atomic E-state index is -0.115. The Morgan fingerprint density at radius 2 is 2.20 bits per heavy atom. The molecule has 1 aromatic carbocycles. The van der Waals surface area contributed by atoms with Crippen molar-refractivity contribution in [2.75, 3.05) is 5.73 Å². The van der Waals surface area contributed by atoms with E-state index in [4.69, 9.17) is 5.73 Å². The zero-order chi connectivity index (χ0) is 13.9. The molecule has 1 amide bonds. The molecule has 3 aromatic rings. The second-order valence-corrected chi connectivity index (χ2v) is 5.39. The molecule has 0 atom stereocenters. The van der Waals surface area contributed by atoms with Gasteiger partial charge in [-0.3, -0.25) is 4.79 Å². The van der Waals surface area contributed by atoms with Crippen LogP contribution < -0.4 is 11.1 Å². The average molecular weight is 284 g/mol. The molecule has 3 rings (SSSR count). The summed E-state index contributed by atoms with van der Waals surface area (Å²) in [6.45, 7) is 0.364. The molecule has 0 saturated heterocycles. The van der Waals surface area contributed by atoms with Gasteiger partial charge in [-0.1, -0.05) is 0 Å². The number of thiophene rings is 1. The van der Waals surface area contributed by atoms with E-state index < -0.39 is 0 Å². The Morgan fingerprint density at radius 3 is 3.00 bits per heavy atom. The summed E-state index contributed by atoms with van der Waals surface area (Å²) < 4.78 is 1.05. The monoisotopic (exact) mass is 284 g/mol. The molecule has 0 unspecified atom stereocenters. The molecule has 0 aliphatic rings. The average Bonchev–Trinajstić information content (AvgIpc) is 2.89. The minimum Gasteiger partial charge on any atom is -0.399 e. The van der Waals surface area contributed by atoms with Crippen molar-refractivity contribution in [3.05, 3.63) is 53.2 Å². The molecular formula is C14H12N4OS. The van der Waals surface area contributed by atoms with E-state index in [1.807, 2.05) is 30.3 Å². The molecule has 0 bridgehead atoms. The lowest BCUT2D eigenvalue weighted by molar-refractivity contribution is 0.0954. The Labute approximate surface area is 119 Å². The summed E-state index contributed by atoms with van der Waals surface area (Å²) in [5.41, 5.74) is 7.16. The molecule has 2 heterocycles.